The number of benzene rings is 2. The van der Waals surface area contributed by atoms with E-state index in [9.17, 15) is 22.0 Å². The molecule has 0 amide bonds. The molecule has 0 spiro atoms. The zero-order valence-electron chi connectivity index (χ0n) is 12.8. The van der Waals surface area contributed by atoms with Gasteiger partial charge in [-0.1, -0.05) is 18.2 Å². The van der Waals surface area contributed by atoms with Crippen LogP contribution >= 0.6 is 0 Å². The Morgan fingerprint density at radius 1 is 1.04 bits per heavy atom. The fourth-order valence-electron chi connectivity index (χ4n) is 2.82. The van der Waals surface area contributed by atoms with E-state index in [1.54, 1.807) is 18.2 Å². The first-order valence-electron chi connectivity index (χ1n) is 7.25. The monoisotopic (exact) mass is 348 g/mol. The molecule has 1 aliphatic rings. The third kappa shape index (κ3) is 3.28. The molecule has 0 heterocycles. The largest absolute Gasteiger partial charge is 0.294 e. The quantitative estimate of drug-likeness (QED) is 0.853. The van der Waals surface area contributed by atoms with E-state index in [1.165, 1.54) is 12.1 Å². The second-order valence-corrected chi connectivity index (χ2v) is 7.83. The Kier molecular flexibility index (Phi) is 4.09. The highest BCUT2D eigenvalue weighted by Crippen LogP contribution is 2.36. The molecule has 0 N–H and O–H groups in total. The number of Topliss-reactive ketones (excluding diaryl/α,β-unsaturated/α-hetero) is 1. The Labute approximate surface area is 138 Å². The highest BCUT2D eigenvalue weighted by Gasteiger charge is 2.27. The van der Waals surface area contributed by atoms with Crippen molar-refractivity contribution in [2.75, 3.05) is 6.26 Å². The molecule has 1 aliphatic carbocycles. The maximum Gasteiger partial charge on any atom is 0.175 e. The van der Waals surface area contributed by atoms with E-state index in [4.69, 9.17) is 0 Å². The summed E-state index contributed by atoms with van der Waals surface area (Å²) in [5.41, 5.74) is 1.13. The summed E-state index contributed by atoms with van der Waals surface area (Å²) in [5, 5.41) is 0. The van der Waals surface area contributed by atoms with Crippen LogP contribution in [0.25, 0.3) is 5.57 Å². The summed E-state index contributed by atoms with van der Waals surface area (Å²) in [6.07, 6.45) is 2.89. The van der Waals surface area contributed by atoms with Crippen LogP contribution in [0.5, 0.6) is 0 Å². The van der Waals surface area contributed by atoms with Gasteiger partial charge in [0.2, 0.25) is 0 Å². The molecule has 0 fully saturated rings. The normalized spacial score (nSPS) is 17.9. The van der Waals surface area contributed by atoms with E-state index in [-0.39, 0.29) is 34.2 Å². The number of ketones is 1. The van der Waals surface area contributed by atoms with Crippen LogP contribution in [0, 0.1) is 11.6 Å². The summed E-state index contributed by atoms with van der Waals surface area (Å²) in [6.45, 7) is 0. The van der Waals surface area contributed by atoms with Crippen molar-refractivity contribution in [1.82, 2.24) is 0 Å². The van der Waals surface area contributed by atoms with Crippen molar-refractivity contribution in [2.24, 2.45) is 0 Å². The van der Waals surface area contributed by atoms with Crippen molar-refractivity contribution in [2.45, 2.75) is 17.2 Å². The molecule has 2 aromatic rings. The molecule has 2 aromatic carbocycles. The molecule has 0 saturated heterocycles. The van der Waals surface area contributed by atoms with Crippen LogP contribution in [-0.2, 0) is 14.6 Å². The Bertz CT molecular complexity index is 942. The lowest BCUT2D eigenvalue weighted by Crippen LogP contribution is -2.01. The number of carbonyl (C=O) groups is 1. The van der Waals surface area contributed by atoms with Gasteiger partial charge in [0, 0.05) is 30.2 Å². The zero-order chi connectivity index (χ0) is 17.5. The van der Waals surface area contributed by atoms with Crippen LogP contribution in [0.2, 0.25) is 0 Å². The smallest absolute Gasteiger partial charge is 0.175 e. The predicted octanol–water partition coefficient (Wildman–Crippen LogP) is 3.51. The molecule has 1 atom stereocenters. The number of rotatable bonds is 3. The van der Waals surface area contributed by atoms with Gasteiger partial charge < -0.3 is 0 Å². The minimum atomic E-state index is -3.35. The summed E-state index contributed by atoms with van der Waals surface area (Å²) in [7, 11) is -3.35. The Morgan fingerprint density at radius 2 is 1.71 bits per heavy atom. The van der Waals surface area contributed by atoms with Gasteiger partial charge in [-0.3, -0.25) is 4.79 Å². The highest BCUT2D eigenvalue weighted by atomic mass is 32.2. The van der Waals surface area contributed by atoms with Gasteiger partial charge in [0.1, 0.15) is 11.6 Å². The van der Waals surface area contributed by atoms with E-state index < -0.39 is 21.5 Å². The topological polar surface area (TPSA) is 51.2 Å². The standard InChI is InChI=1S/C18H14F2O3S/c1-24(22,23)16-4-2-3-11(7-16)12-8-17(18(21)9-12)13-5-14(19)10-15(20)6-13/h2-8,10,12H,9H2,1H3. The summed E-state index contributed by atoms with van der Waals surface area (Å²) < 4.78 is 50.1. The lowest BCUT2D eigenvalue weighted by molar-refractivity contribution is -0.113. The number of halogens is 2. The Balaban J connectivity index is 2.00. The van der Waals surface area contributed by atoms with Crippen LogP contribution in [0.15, 0.2) is 53.4 Å². The van der Waals surface area contributed by atoms with Crippen molar-refractivity contribution in [3.63, 3.8) is 0 Å². The molecule has 3 rings (SSSR count). The number of carbonyl (C=O) groups excluding carboxylic acids is 1. The molecule has 124 valence electrons. The number of hydrogen-bond donors (Lipinski definition) is 0. The molecule has 3 nitrogen and oxygen atoms in total. The molecule has 0 radical (unpaired) electrons. The van der Waals surface area contributed by atoms with E-state index >= 15 is 0 Å². The average Bonchev–Trinajstić information content (AvgIpc) is 2.87. The van der Waals surface area contributed by atoms with Crippen LogP contribution in [0.3, 0.4) is 0 Å². The van der Waals surface area contributed by atoms with Crippen LogP contribution < -0.4 is 0 Å². The molecule has 0 bridgehead atoms. The van der Waals surface area contributed by atoms with Crippen molar-refractivity contribution in [1.29, 1.82) is 0 Å². The van der Waals surface area contributed by atoms with Crippen LogP contribution in [0.4, 0.5) is 8.78 Å². The molecular weight excluding hydrogens is 334 g/mol. The van der Waals surface area contributed by atoms with Gasteiger partial charge in [-0.15, -0.1) is 0 Å². The first kappa shape index (κ1) is 16.5. The van der Waals surface area contributed by atoms with Crippen molar-refractivity contribution >= 4 is 21.2 Å². The third-order valence-corrected chi connectivity index (χ3v) is 5.07. The molecule has 0 aromatic heterocycles. The fraction of sp³-hybridized carbons (Fsp3) is 0.167. The predicted molar refractivity (Wildman–Crippen MR) is 86.3 cm³/mol. The molecule has 6 heteroatoms. The number of allylic oxidation sites excluding steroid dienone is 2. The molecular formula is C18H14F2O3S. The van der Waals surface area contributed by atoms with E-state index in [0.717, 1.165) is 24.5 Å². The third-order valence-electron chi connectivity index (χ3n) is 3.96. The van der Waals surface area contributed by atoms with Gasteiger partial charge in [0.25, 0.3) is 0 Å². The lowest BCUT2D eigenvalue weighted by Gasteiger charge is -2.08. The highest BCUT2D eigenvalue weighted by molar-refractivity contribution is 7.90. The second-order valence-electron chi connectivity index (χ2n) is 5.82. The first-order valence-corrected chi connectivity index (χ1v) is 9.15. The Morgan fingerprint density at radius 3 is 2.33 bits per heavy atom. The zero-order valence-corrected chi connectivity index (χ0v) is 13.6. The lowest BCUT2D eigenvalue weighted by atomic mass is 9.99. The average molecular weight is 348 g/mol. The second kappa shape index (κ2) is 5.94. The van der Waals surface area contributed by atoms with Crippen molar-refractivity contribution in [3.05, 3.63) is 71.3 Å². The van der Waals surface area contributed by atoms with Crippen LogP contribution in [-0.4, -0.2) is 20.5 Å². The molecule has 0 saturated carbocycles. The van der Waals surface area contributed by atoms with Crippen molar-refractivity contribution < 1.29 is 22.0 Å². The SMILES string of the molecule is CS(=O)(=O)c1cccc(C2C=C(c3cc(F)cc(F)c3)C(=O)C2)c1. The number of hydrogen-bond acceptors (Lipinski definition) is 3. The molecule has 24 heavy (non-hydrogen) atoms. The van der Waals surface area contributed by atoms with Crippen molar-refractivity contribution in [3.8, 4) is 0 Å². The minimum absolute atomic E-state index is 0.140. The van der Waals surface area contributed by atoms with Gasteiger partial charge in [-0.25, -0.2) is 17.2 Å². The van der Waals surface area contributed by atoms with Gasteiger partial charge in [-0.2, -0.15) is 0 Å². The maximum absolute atomic E-state index is 13.4. The number of sulfone groups is 1. The first-order chi connectivity index (χ1) is 11.2. The molecule has 1 unspecified atom stereocenters. The summed E-state index contributed by atoms with van der Waals surface area (Å²) in [4.78, 5) is 12.4. The minimum Gasteiger partial charge on any atom is -0.294 e. The maximum atomic E-state index is 13.4. The van der Waals surface area contributed by atoms with E-state index in [1.807, 2.05) is 0 Å². The summed E-state index contributed by atoms with van der Waals surface area (Å²) in [6, 6.07) is 9.34. The van der Waals surface area contributed by atoms with Gasteiger partial charge >= 0.3 is 0 Å². The Hall–Kier alpha value is -2.34. The van der Waals surface area contributed by atoms with Gasteiger partial charge in [0.15, 0.2) is 15.6 Å². The van der Waals surface area contributed by atoms with Gasteiger partial charge in [-0.05, 0) is 35.4 Å². The van der Waals surface area contributed by atoms with Gasteiger partial charge in [0.05, 0.1) is 4.90 Å². The van der Waals surface area contributed by atoms with E-state index in [2.05, 4.69) is 0 Å². The van der Waals surface area contributed by atoms with Crippen LogP contribution in [0.1, 0.15) is 23.5 Å². The summed E-state index contributed by atoms with van der Waals surface area (Å²) in [5.74, 6) is -2.04. The molecule has 0 aliphatic heterocycles. The fourth-order valence-corrected chi connectivity index (χ4v) is 3.50. The van der Waals surface area contributed by atoms with E-state index in [0.29, 0.717) is 5.56 Å². The summed E-state index contributed by atoms with van der Waals surface area (Å²) >= 11 is 0.